The Balaban J connectivity index is 1.64. The monoisotopic (exact) mass is 316 g/mol. The maximum Gasteiger partial charge on any atom is 0.252 e. The predicted octanol–water partition coefficient (Wildman–Crippen LogP) is 1.27. The van der Waals surface area contributed by atoms with Crippen LogP contribution >= 0.6 is 0 Å². The Labute approximate surface area is 129 Å². The third-order valence-electron chi connectivity index (χ3n) is 2.89. The van der Waals surface area contributed by atoms with Gasteiger partial charge in [0.05, 0.1) is 25.1 Å². The van der Waals surface area contributed by atoms with Crippen molar-refractivity contribution in [2.45, 2.75) is 6.54 Å². The molecule has 7 nitrogen and oxygen atoms in total. The molecule has 0 saturated heterocycles. The van der Waals surface area contributed by atoms with Gasteiger partial charge in [-0.1, -0.05) is 5.21 Å². The molecule has 116 valence electrons. The second-order valence-corrected chi connectivity index (χ2v) is 4.55. The molecule has 1 N–H and O–H groups in total. The third kappa shape index (κ3) is 3.51. The topological polar surface area (TPSA) is 85.6 Å². The summed E-state index contributed by atoms with van der Waals surface area (Å²) in [6.45, 7) is 0.122. The van der Waals surface area contributed by atoms with Crippen molar-refractivity contribution >= 4 is 5.91 Å². The first-order valence-electron chi connectivity index (χ1n) is 6.55. The average molecular weight is 316 g/mol. The summed E-state index contributed by atoms with van der Waals surface area (Å²) in [5, 5.41) is 10.3. The van der Waals surface area contributed by atoms with E-state index in [9.17, 15) is 13.6 Å². The lowest BCUT2D eigenvalue weighted by Gasteiger charge is -2.02. The average Bonchev–Trinajstić information content (AvgIpc) is 3.03. The number of benzene rings is 1. The molecule has 0 unspecified atom stereocenters. The zero-order valence-corrected chi connectivity index (χ0v) is 11.6. The molecular weight excluding hydrogens is 306 g/mol. The minimum Gasteiger partial charge on any atom is -0.346 e. The summed E-state index contributed by atoms with van der Waals surface area (Å²) < 4.78 is 26.8. The quantitative estimate of drug-likeness (QED) is 0.783. The van der Waals surface area contributed by atoms with Crippen LogP contribution in [0.25, 0.3) is 5.95 Å². The van der Waals surface area contributed by atoms with E-state index < -0.39 is 11.6 Å². The van der Waals surface area contributed by atoms with Crippen LogP contribution in [-0.2, 0) is 6.54 Å². The lowest BCUT2D eigenvalue weighted by atomic mass is 10.2. The summed E-state index contributed by atoms with van der Waals surface area (Å²) in [5.41, 5.74) is 0.800. The maximum absolute atomic E-state index is 12.8. The summed E-state index contributed by atoms with van der Waals surface area (Å²) in [4.78, 5) is 19.4. The number of nitrogens with zero attached hydrogens (tertiary/aromatic N) is 5. The van der Waals surface area contributed by atoms with Crippen LogP contribution in [0.4, 0.5) is 8.78 Å². The molecule has 9 heteroatoms. The Bertz CT molecular complexity index is 816. The summed E-state index contributed by atoms with van der Waals surface area (Å²) in [6.07, 6.45) is 3.54. The van der Waals surface area contributed by atoms with Gasteiger partial charge in [-0.3, -0.25) is 4.79 Å². The number of carbonyl (C=O) groups excluding carboxylic acids is 1. The van der Waals surface area contributed by atoms with Gasteiger partial charge in [-0.2, -0.15) is 4.68 Å². The molecule has 0 radical (unpaired) electrons. The summed E-state index contributed by atoms with van der Waals surface area (Å²) in [5.74, 6) is -1.17. The van der Waals surface area contributed by atoms with Crippen molar-refractivity contribution < 1.29 is 13.6 Å². The largest absolute Gasteiger partial charge is 0.346 e. The van der Waals surface area contributed by atoms with Gasteiger partial charge in [0.15, 0.2) is 5.82 Å². The Morgan fingerprint density at radius 1 is 1.09 bits per heavy atom. The molecule has 0 bridgehead atoms. The molecule has 2 heterocycles. The Kier molecular flexibility index (Phi) is 4.00. The van der Waals surface area contributed by atoms with Crippen molar-refractivity contribution in [3.8, 4) is 5.95 Å². The van der Waals surface area contributed by atoms with Gasteiger partial charge in [0.1, 0.15) is 11.5 Å². The van der Waals surface area contributed by atoms with Crippen LogP contribution in [0.15, 0.2) is 42.9 Å². The van der Waals surface area contributed by atoms with E-state index in [0.29, 0.717) is 11.3 Å². The normalized spacial score (nSPS) is 10.5. The number of aromatic nitrogens is 5. The molecule has 0 spiro atoms. The summed E-state index contributed by atoms with van der Waals surface area (Å²) in [6, 6.07) is 5.18. The van der Waals surface area contributed by atoms with Crippen molar-refractivity contribution in [2.24, 2.45) is 0 Å². The van der Waals surface area contributed by atoms with Gasteiger partial charge in [0.25, 0.3) is 11.9 Å². The maximum atomic E-state index is 12.8. The Morgan fingerprint density at radius 3 is 2.48 bits per heavy atom. The molecule has 23 heavy (non-hydrogen) atoms. The van der Waals surface area contributed by atoms with Crippen LogP contribution in [-0.4, -0.2) is 30.9 Å². The van der Waals surface area contributed by atoms with E-state index in [1.807, 2.05) is 0 Å². The molecule has 3 aromatic rings. The first-order chi connectivity index (χ1) is 11.1. The number of rotatable bonds is 4. The highest BCUT2D eigenvalue weighted by Gasteiger charge is 2.09. The second kappa shape index (κ2) is 6.26. The van der Waals surface area contributed by atoms with Gasteiger partial charge in [0.2, 0.25) is 0 Å². The molecule has 1 amide bonds. The summed E-state index contributed by atoms with van der Waals surface area (Å²) in [7, 11) is 0. The standard InChI is InChI=1S/C14H10F2N6O/c15-10-3-1-9(2-4-10)13(23)17-7-12-8-22(21-20-12)14-18-5-11(16)6-19-14/h1-6,8H,7H2,(H,17,23). The van der Waals surface area contributed by atoms with E-state index >= 15 is 0 Å². The van der Waals surface area contributed by atoms with Crippen LogP contribution in [0.3, 0.4) is 0 Å². The highest BCUT2D eigenvalue weighted by Crippen LogP contribution is 2.04. The lowest BCUT2D eigenvalue weighted by Crippen LogP contribution is -2.22. The number of carbonyl (C=O) groups is 1. The number of halogens is 2. The second-order valence-electron chi connectivity index (χ2n) is 4.55. The molecule has 1 aromatic carbocycles. The fourth-order valence-corrected chi connectivity index (χ4v) is 1.78. The fourth-order valence-electron chi connectivity index (χ4n) is 1.78. The Hall–Kier alpha value is -3.23. The molecule has 0 saturated carbocycles. The first-order valence-corrected chi connectivity index (χ1v) is 6.55. The van der Waals surface area contributed by atoms with Crippen molar-refractivity contribution in [3.63, 3.8) is 0 Å². The van der Waals surface area contributed by atoms with E-state index in [1.165, 1.54) is 35.1 Å². The number of amides is 1. The van der Waals surface area contributed by atoms with Gasteiger partial charge in [-0.25, -0.2) is 18.7 Å². The van der Waals surface area contributed by atoms with Gasteiger partial charge < -0.3 is 5.32 Å². The van der Waals surface area contributed by atoms with E-state index in [2.05, 4.69) is 25.6 Å². The van der Waals surface area contributed by atoms with Crippen molar-refractivity contribution in [1.82, 2.24) is 30.3 Å². The summed E-state index contributed by atoms with van der Waals surface area (Å²) >= 11 is 0. The molecule has 0 atom stereocenters. The fraction of sp³-hybridized carbons (Fsp3) is 0.0714. The van der Waals surface area contributed by atoms with Gasteiger partial charge in [-0.15, -0.1) is 5.10 Å². The SMILES string of the molecule is O=C(NCc1cn(-c2ncc(F)cn2)nn1)c1ccc(F)cc1. The highest BCUT2D eigenvalue weighted by atomic mass is 19.1. The van der Waals surface area contributed by atoms with E-state index in [1.54, 1.807) is 0 Å². The molecular formula is C14H10F2N6O. The molecule has 0 fully saturated rings. The van der Waals surface area contributed by atoms with Crippen molar-refractivity contribution in [2.75, 3.05) is 0 Å². The van der Waals surface area contributed by atoms with Crippen LogP contribution < -0.4 is 5.32 Å². The smallest absolute Gasteiger partial charge is 0.252 e. The number of hydrogen-bond acceptors (Lipinski definition) is 5. The third-order valence-corrected chi connectivity index (χ3v) is 2.89. The number of hydrogen-bond donors (Lipinski definition) is 1. The minimum atomic E-state index is -0.555. The van der Waals surface area contributed by atoms with Crippen LogP contribution in [0.5, 0.6) is 0 Å². The Morgan fingerprint density at radius 2 is 1.78 bits per heavy atom. The number of nitrogens with one attached hydrogen (secondary N) is 1. The molecule has 2 aromatic heterocycles. The van der Waals surface area contributed by atoms with E-state index in [4.69, 9.17) is 0 Å². The predicted molar refractivity (Wildman–Crippen MR) is 74.5 cm³/mol. The lowest BCUT2D eigenvalue weighted by molar-refractivity contribution is 0.0950. The zero-order valence-electron chi connectivity index (χ0n) is 11.6. The highest BCUT2D eigenvalue weighted by molar-refractivity contribution is 5.94. The van der Waals surface area contributed by atoms with Crippen molar-refractivity contribution in [1.29, 1.82) is 0 Å². The van der Waals surface area contributed by atoms with Gasteiger partial charge in [0, 0.05) is 5.56 Å². The van der Waals surface area contributed by atoms with E-state index in [0.717, 1.165) is 12.4 Å². The van der Waals surface area contributed by atoms with Crippen LogP contribution in [0.2, 0.25) is 0 Å². The minimum absolute atomic E-state index is 0.122. The van der Waals surface area contributed by atoms with Crippen LogP contribution in [0, 0.1) is 11.6 Å². The van der Waals surface area contributed by atoms with Crippen LogP contribution in [0.1, 0.15) is 16.1 Å². The first kappa shape index (κ1) is 14.7. The zero-order chi connectivity index (χ0) is 16.2. The van der Waals surface area contributed by atoms with Gasteiger partial charge in [-0.05, 0) is 24.3 Å². The van der Waals surface area contributed by atoms with Crippen molar-refractivity contribution in [3.05, 3.63) is 65.7 Å². The molecule has 0 aliphatic carbocycles. The molecule has 3 rings (SSSR count). The van der Waals surface area contributed by atoms with Gasteiger partial charge >= 0.3 is 0 Å². The van der Waals surface area contributed by atoms with E-state index in [-0.39, 0.29) is 18.4 Å². The molecule has 0 aliphatic heterocycles. The molecule has 0 aliphatic rings.